The average Bonchev–Trinajstić information content (AvgIpc) is 2.71. The SMILES string of the molecule is COc1cccc(CNC(=O)COC(=O)CNS(=O)(=O)c2ccc(C)c(C)c2)c1. The third kappa shape index (κ3) is 6.88. The predicted molar refractivity (Wildman–Crippen MR) is 107 cm³/mol. The lowest BCUT2D eigenvalue weighted by atomic mass is 10.1. The Balaban J connectivity index is 1.77. The Kier molecular flexibility index (Phi) is 7.74. The van der Waals surface area contributed by atoms with E-state index in [4.69, 9.17) is 9.47 Å². The summed E-state index contributed by atoms with van der Waals surface area (Å²) in [5.41, 5.74) is 2.61. The van der Waals surface area contributed by atoms with Crippen molar-refractivity contribution in [3.05, 3.63) is 59.2 Å². The lowest BCUT2D eigenvalue weighted by Gasteiger charge is -2.09. The molecule has 0 atom stereocenters. The van der Waals surface area contributed by atoms with Crippen molar-refractivity contribution in [2.24, 2.45) is 0 Å². The number of nitrogens with one attached hydrogen (secondary N) is 2. The van der Waals surface area contributed by atoms with Gasteiger partial charge >= 0.3 is 5.97 Å². The van der Waals surface area contributed by atoms with E-state index in [1.165, 1.54) is 12.1 Å². The highest BCUT2D eigenvalue weighted by Gasteiger charge is 2.17. The smallest absolute Gasteiger partial charge is 0.321 e. The van der Waals surface area contributed by atoms with Gasteiger partial charge in [-0.15, -0.1) is 0 Å². The second-order valence-electron chi connectivity index (χ2n) is 6.36. The number of sulfonamides is 1. The second kappa shape index (κ2) is 10.0. The van der Waals surface area contributed by atoms with Gasteiger partial charge in [0.05, 0.1) is 12.0 Å². The van der Waals surface area contributed by atoms with Gasteiger partial charge in [0, 0.05) is 6.54 Å². The molecule has 156 valence electrons. The Morgan fingerprint density at radius 3 is 2.48 bits per heavy atom. The van der Waals surface area contributed by atoms with Crippen LogP contribution in [0.2, 0.25) is 0 Å². The normalized spacial score (nSPS) is 11.0. The van der Waals surface area contributed by atoms with Crippen molar-refractivity contribution >= 4 is 21.9 Å². The van der Waals surface area contributed by atoms with E-state index < -0.39 is 35.1 Å². The van der Waals surface area contributed by atoms with Gasteiger partial charge in [-0.1, -0.05) is 18.2 Å². The molecule has 9 heteroatoms. The molecule has 0 fully saturated rings. The maximum atomic E-state index is 12.2. The van der Waals surface area contributed by atoms with E-state index >= 15 is 0 Å². The van der Waals surface area contributed by atoms with Crippen LogP contribution in [0.15, 0.2) is 47.4 Å². The molecule has 0 bridgehead atoms. The highest BCUT2D eigenvalue weighted by molar-refractivity contribution is 7.89. The lowest BCUT2D eigenvalue weighted by molar-refractivity contribution is -0.147. The fraction of sp³-hybridized carbons (Fsp3) is 0.300. The van der Waals surface area contributed by atoms with Crippen molar-refractivity contribution in [1.82, 2.24) is 10.0 Å². The van der Waals surface area contributed by atoms with Crippen LogP contribution >= 0.6 is 0 Å². The maximum Gasteiger partial charge on any atom is 0.321 e. The Labute approximate surface area is 170 Å². The molecule has 2 N–H and O–H groups in total. The number of ether oxygens (including phenoxy) is 2. The van der Waals surface area contributed by atoms with Crippen molar-refractivity contribution < 1.29 is 27.5 Å². The Bertz CT molecular complexity index is 988. The molecule has 2 aromatic carbocycles. The van der Waals surface area contributed by atoms with Crippen LogP contribution in [0.5, 0.6) is 5.75 Å². The fourth-order valence-electron chi connectivity index (χ4n) is 2.35. The summed E-state index contributed by atoms with van der Waals surface area (Å²) in [7, 11) is -2.30. The van der Waals surface area contributed by atoms with Crippen LogP contribution in [0, 0.1) is 13.8 Å². The molecule has 0 aromatic heterocycles. The van der Waals surface area contributed by atoms with Gasteiger partial charge in [-0.3, -0.25) is 9.59 Å². The van der Waals surface area contributed by atoms with Gasteiger partial charge < -0.3 is 14.8 Å². The van der Waals surface area contributed by atoms with Gasteiger partial charge in [-0.2, -0.15) is 4.72 Å². The molecule has 0 spiro atoms. The molecule has 8 nitrogen and oxygen atoms in total. The standard InChI is InChI=1S/C20H24N2O6S/c1-14-7-8-18(9-15(14)2)29(25,26)22-12-20(24)28-13-19(23)21-11-16-5-4-6-17(10-16)27-3/h4-10,22H,11-13H2,1-3H3,(H,21,23). The molecule has 2 aromatic rings. The number of methoxy groups -OCH3 is 1. The summed E-state index contributed by atoms with van der Waals surface area (Å²) in [6.45, 7) is 2.84. The predicted octanol–water partition coefficient (Wildman–Crippen LogP) is 1.45. The zero-order valence-electron chi connectivity index (χ0n) is 16.5. The van der Waals surface area contributed by atoms with Crippen molar-refractivity contribution in [2.75, 3.05) is 20.3 Å². The number of rotatable bonds is 9. The van der Waals surface area contributed by atoms with E-state index in [1.807, 2.05) is 13.0 Å². The van der Waals surface area contributed by atoms with Crippen molar-refractivity contribution in [1.29, 1.82) is 0 Å². The van der Waals surface area contributed by atoms with Gasteiger partial charge in [-0.05, 0) is 54.8 Å². The molecular weight excluding hydrogens is 396 g/mol. The van der Waals surface area contributed by atoms with Gasteiger partial charge in [-0.25, -0.2) is 8.42 Å². The lowest BCUT2D eigenvalue weighted by Crippen LogP contribution is -2.33. The van der Waals surface area contributed by atoms with Crippen LogP contribution in [0.25, 0.3) is 0 Å². The minimum atomic E-state index is -3.85. The number of hydrogen-bond donors (Lipinski definition) is 2. The number of amides is 1. The first-order valence-corrected chi connectivity index (χ1v) is 10.3. The first kappa shape index (κ1) is 22.4. The third-order valence-corrected chi connectivity index (χ3v) is 5.58. The topological polar surface area (TPSA) is 111 Å². The van der Waals surface area contributed by atoms with Gasteiger partial charge in [0.1, 0.15) is 12.3 Å². The quantitative estimate of drug-likeness (QED) is 0.594. The molecule has 2 rings (SSSR count). The molecule has 1 amide bonds. The maximum absolute atomic E-state index is 12.2. The molecule has 0 unspecified atom stereocenters. The number of hydrogen-bond acceptors (Lipinski definition) is 6. The summed E-state index contributed by atoms with van der Waals surface area (Å²) in [6.07, 6.45) is 0. The van der Waals surface area contributed by atoms with Crippen molar-refractivity contribution in [3.63, 3.8) is 0 Å². The van der Waals surface area contributed by atoms with Crippen LogP contribution < -0.4 is 14.8 Å². The van der Waals surface area contributed by atoms with Gasteiger partial charge in [0.2, 0.25) is 10.0 Å². The molecule has 0 saturated carbocycles. The zero-order chi connectivity index (χ0) is 21.4. The van der Waals surface area contributed by atoms with E-state index in [2.05, 4.69) is 10.0 Å². The van der Waals surface area contributed by atoms with Crippen molar-refractivity contribution in [2.45, 2.75) is 25.3 Å². The number of esters is 1. The summed E-state index contributed by atoms with van der Waals surface area (Å²) in [6, 6.07) is 11.8. The summed E-state index contributed by atoms with van der Waals surface area (Å²) < 4.78 is 36.6. The number of carbonyl (C=O) groups excluding carboxylic acids is 2. The molecule has 0 aliphatic rings. The molecule has 0 saturated heterocycles. The fourth-order valence-corrected chi connectivity index (χ4v) is 3.40. The minimum absolute atomic E-state index is 0.0597. The summed E-state index contributed by atoms with van der Waals surface area (Å²) in [5.74, 6) is -0.689. The van der Waals surface area contributed by atoms with E-state index in [-0.39, 0.29) is 11.4 Å². The Hall–Kier alpha value is -2.91. The number of aryl methyl sites for hydroxylation is 2. The first-order chi connectivity index (χ1) is 13.7. The zero-order valence-corrected chi connectivity index (χ0v) is 17.3. The Morgan fingerprint density at radius 1 is 1.03 bits per heavy atom. The first-order valence-electron chi connectivity index (χ1n) is 8.83. The molecule has 29 heavy (non-hydrogen) atoms. The van der Waals surface area contributed by atoms with Crippen LogP contribution in [0.1, 0.15) is 16.7 Å². The highest BCUT2D eigenvalue weighted by Crippen LogP contribution is 2.14. The number of carbonyl (C=O) groups is 2. The van der Waals surface area contributed by atoms with Gasteiger partial charge in [0.15, 0.2) is 6.61 Å². The van der Waals surface area contributed by atoms with Crippen LogP contribution in [0.4, 0.5) is 0 Å². The van der Waals surface area contributed by atoms with Gasteiger partial charge in [0.25, 0.3) is 5.91 Å². The third-order valence-electron chi connectivity index (χ3n) is 4.18. The molecule has 0 aliphatic heterocycles. The summed E-state index contributed by atoms with van der Waals surface area (Å²) in [4.78, 5) is 23.6. The number of benzene rings is 2. The average molecular weight is 420 g/mol. The minimum Gasteiger partial charge on any atom is -0.497 e. The van der Waals surface area contributed by atoms with Crippen LogP contribution in [-0.2, 0) is 30.9 Å². The van der Waals surface area contributed by atoms with Crippen molar-refractivity contribution in [3.8, 4) is 5.75 Å². The Morgan fingerprint density at radius 2 is 1.79 bits per heavy atom. The second-order valence-corrected chi connectivity index (χ2v) is 8.13. The summed E-state index contributed by atoms with van der Waals surface area (Å²) in [5, 5.41) is 2.60. The largest absolute Gasteiger partial charge is 0.497 e. The molecule has 0 radical (unpaired) electrons. The van der Waals surface area contributed by atoms with E-state index in [9.17, 15) is 18.0 Å². The molecular formula is C20H24N2O6S. The van der Waals surface area contributed by atoms with E-state index in [1.54, 1.807) is 38.3 Å². The summed E-state index contributed by atoms with van der Waals surface area (Å²) >= 11 is 0. The molecule has 0 aliphatic carbocycles. The monoisotopic (exact) mass is 420 g/mol. The van der Waals surface area contributed by atoms with Crippen LogP contribution in [0.3, 0.4) is 0 Å². The molecule has 0 heterocycles. The van der Waals surface area contributed by atoms with E-state index in [0.717, 1.165) is 16.7 Å². The highest BCUT2D eigenvalue weighted by atomic mass is 32.2. The van der Waals surface area contributed by atoms with Crippen LogP contribution in [-0.4, -0.2) is 40.6 Å². The van der Waals surface area contributed by atoms with E-state index in [0.29, 0.717) is 5.75 Å².